The summed E-state index contributed by atoms with van der Waals surface area (Å²) in [6.45, 7) is 5.88. The molecule has 1 aromatic rings. The molecule has 0 bridgehead atoms. The van der Waals surface area contributed by atoms with Gasteiger partial charge >= 0.3 is 0 Å². The van der Waals surface area contributed by atoms with Gasteiger partial charge in [0.05, 0.1) is 25.4 Å². The minimum absolute atomic E-state index is 0.0232. The van der Waals surface area contributed by atoms with Gasteiger partial charge in [-0.1, -0.05) is 11.6 Å². The van der Waals surface area contributed by atoms with Crippen LogP contribution in [0.1, 0.15) is 29.3 Å². The summed E-state index contributed by atoms with van der Waals surface area (Å²) in [6.07, 6.45) is 0.787. The lowest BCUT2D eigenvalue weighted by molar-refractivity contribution is 0.0643. The topological polar surface area (TPSA) is 44.8 Å². The van der Waals surface area contributed by atoms with E-state index in [4.69, 9.17) is 14.2 Å². The first kappa shape index (κ1) is 15.7. The molecule has 1 rings (SSSR count). The fourth-order valence-corrected chi connectivity index (χ4v) is 1.63. The van der Waals surface area contributed by atoms with Crippen LogP contribution in [0.3, 0.4) is 0 Å². The molecular weight excluding hydrogens is 244 g/mol. The van der Waals surface area contributed by atoms with Gasteiger partial charge in [0.2, 0.25) is 0 Å². The van der Waals surface area contributed by atoms with E-state index in [1.165, 1.54) is 0 Å². The number of ether oxygens (including phenoxy) is 3. The number of benzene rings is 1. The quantitative estimate of drug-likeness (QED) is 0.509. The van der Waals surface area contributed by atoms with E-state index in [-0.39, 0.29) is 5.78 Å². The maximum atomic E-state index is 11.5. The van der Waals surface area contributed by atoms with Gasteiger partial charge in [-0.15, -0.1) is 0 Å². The van der Waals surface area contributed by atoms with Crippen LogP contribution in [-0.2, 0) is 9.47 Å². The van der Waals surface area contributed by atoms with Gasteiger partial charge in [-0.05, 0) is 26.0 Å². The molecule has 19 heavy (non-hydrogen) atoms. The van der Waals surface area contributed by atoms with Crippen LogP contribution in [0.5, 0.6) is 5.75 Å². The van der Waals surface area contributed by atoms with E-state index >= 15 is 0 Å². The Hall–Kier alpha value is -1.39. The smallest absolute Gasteiger partial charge is 0.163 e. The molecule has 0 heterocycles. The van der Waals surface area contributed by atoms with E-state index in [9.17, 15) is 4.79 Å². The summed E-state index contributed by atoms with van der Waals surface area (Å²) < 4.78 is 15.8. The van der Waals surface area contributed by atoms with Gasteiger partial charge < -0.3 is 14.2 Å². The number of rotatable bonds is 9. The molecule has 1 aromatic carbocycles. The summed E-state index contributed by atoms with van der Waals surface area (Å²) in [6, 6.07) is 5.64. The molecule has 0 unspecified atom stereocenters. The largest absolute Gasteiger partial charge is 0.493 e. The van der Waals surface area contributed by atoms with Crippen molar-refractivity contribution in [3.8, 4) is 5.75 Å². The van der Waals surface area contributed by atoms with E-state index in [1.807, 2.05) is 25.1 Å². The minimum Gasteiger partial charge on any atom is -0.493 e. The molecule has 0 amide bonds. The van der Waals surface area contributed by atoms with Crippen LogP contribution in [0.4, 0.5) is 0 Å². The van der Waals surface area contributed by atoms with Gasteiger partial charge in [-0.25, -0.2) is 0 Å². The fourth-order valence-electron chi connectivity index (χ4n) is 1.63. The van der Waals surface area contributed by atoms with Crippen molar-refractivity contribution in [1.29, 1.82) is 0 Å². The molecule has 4 nitrogen and oxygen atoms in total. The lowest BCUT2D eigenvalue weighted by atomic mass is 10.1. The van der Waals surface area contributed by atoms with Gasteiger partial charge in [0.1, 0.15) is 5.75 Å². The zero-order valence-electron chi connectivity index (χ0n) is 11.9. The maximum Gasteiger partial charge on any atom is 0.163 e. The monoisotopic (exact) mass is 266 g/mol. The number of ketones is 1. The van der Waals surface area contributed by atoms with Gasteiger partial charge in [0, 0.05) is 20.1 Å². The van der Waals surface area contributed by atoms with Gasteiger partial charge in [0.15, 0.2) is 5.78 Å². The van der Waals surface area contributed by atoms with Gasteiger partial charge in [-0.3, -0.25) is 4.79 Å². The lowest BCUT2D eigenvalue weighted by Gasteiger charge is -2.10. The molecule has 0 aliphatic heterocycles. The van der Waals surface area contributed by atoms with Crippen LogP contribution in [0, 0.1) is 6.92 Å². The van der Waals surface area contributed by atoms with Crippen molar-refractivity contribution in [1.82, 2.24) is 0 Å². The zero-order valence-corrected chi connectivity index (χ0v) is 11.9. The molecule has 0 aliphatic carbocycles. The average Bonchev–Trinajstić information content (AvgIpc) is 2.39. The minimum atomic E-state index is 0.0232. The zero-order chi connectivity index (χ0) is 14.1. The van der Waals surface area contributed by atoms with E-state index < -0.39 is 0 Å². The van der Waals surface area contributed by atoms with Gasteiger partial charge in [0.25, 0.3) is 0 Å². The van der Waals surface area contributed by atoms with Crippen molar-refractivity contribution >= 4 is 5.78 Å². The second-order valence-electron chi connectivity index (χ2n) is 4.36. The third kappa shape index (κ3) is 5.85. The number of Topliss-reactive ketones (excluding diaryl/α,β-unsaturated/α-hetero) is 1. The molecule has 0 radical (unpaired) electrons. The molecule has 4 heteroatoms. The van der Waals surface area contributed by atoms with E-state index in [2.05, 4.69) is 0 Å². The van der Waals surface area contributed by atoms with Crippen LogP contribution < -0.4 is 4.74 Å². The second kappa shape index (κ2) is 8.67. The van der Waals surface area contributed by atoms with Crippen molar-refractivity contribution in [2.24, 2.45) is 0 Å². The van der Waals surface area contributed by atoms with Crippen molar-refractivity contribution in [3.63, 3.8) is 0 Å². The summed E-state index contributed by atoms with van der Waals surface area (Å²) >= 11 is 0. The number of carbonyl (C=O) groups excluding carboxylic acids is 1. The molecule has 0 saturated carbocycles. The fraction of sp³-hybridized carbons (Fsp3) is 0.533. The van der Waals surface area contributed by atoms with Gasteiger partial charge in [-0.2, -0.15) is 0 Å². The predicted octanol–water partition coefficient (Wildman–Crippen LogP) is 2.63. The van der Waals surface area contributed by atoms with E-state index in [0.29, 0.717) is 37.7 Å². The number of hydrogen-bond donors (Lipinski definition) is 0. The molecule has 0 atom stereocenters. The predicted molar refractivity (Wildman–Crippen MR) is 74.0 cm³/mol. The van der Waals surface area contributed by atoms with Crippen LogP contribution in [0.15, 0.2) is 18.2 Å². The van der Waals surface area contributed by atoms with Crippen molar-refractivity contribution in [3.05, 3.63) is 29.3 Å². The molecule has 0 saturated heterocycles. The summed E-state index contributed by atoms with van der Waals surface area (Å²) in [5, 5.41) is 0. The van der Waals surface area contributed by atoms with Crippen molar-refractivity contribution in [2.45, 2.75) is 20.3 Å². The third-order valence-electron chi connectivity index (χ3n) is 2.64. The Labute approximate surface area is 114 Å². The van der Waals surface area contributed by atoms with Crippen LogP contribution >= 0.6 is 0 Å². The first-order valence-electron chi connectivity index (χ1n) is 6.46. The third-order valence-corrected chi connectivity index (χ3v) is 2.64. The van der Waals surface area contributed by atoms with Crippen molar-refractivity contribution in [2.75, 3.05) is 33.5 Å². The molecular formula is C15H22O4. The Kier molecular flexibility index (Phi) is 7.15. The summed E-state index contributed by atoms with van der Waals surface area (Å²) in [5.41, 5.74) is 1.70. The highest BCUT2D eigenvalue weighted by Gasteiger charge is 2.08. The Morgan fingerprint density at radius 3 is 2.63 bits per heavy atom. The molecule has 0 N–H and O–H groups in total. The summed E-state index contributed by atoms with van der Waals surface area (Å²) in [4.78, 5) is 11.5. The standard InChI is InChI=1S/C15H22O4/c1-12-5-6-15(14(11-12)13(2)16)19-8-4-7-18-10-9-17-3/h5-6,11H,4,7-10H2,1-3H3. The highest BCUT2D eigenvalue weighted by molar-refractivity contribution is 5.97. The Bertz CT molecular complexity index is 401. The Morgan fingerprint density at radius 2 is 1.95 bits per heavy atom. The molecule has 0 aromatic heterocycles. The number of hydrogen-bond acceptors (Lipinski definition) is 4. The van der Waals surface area contributed by atoms with Crippen LogP contribution in [-0.4, -0.2) is 39.3 Å². The Morgan fingerprint density at radius 1 is 1.16 bits per heavy atom. The molecule has 106 valence electrons. The maximum absolute atomic E-state index is 11.5. The van der Waals surface area contributed by atoms with Crippen molar-refractivity contribution < 1.29 is 19.0 Å². The van der Waals surface area contributed by atoms with Crippen LogP contribution in [0.25, 0.3) is 0 Å². The first-order valence-corrected chi connectivity index (χ1v) is 6.46. The first-order chi connectivity index (χ1) is 9.15. The molecule has 0 spiro atoms. The summed E-state index contributed by atoms with van der Waals surface area (Å²) in [5.74, 6) is 0.671. The molecule has 0 fully saturated rings. The van der Waals surface area contributed by atoms with Crippen LogP contribution in [0.2, 0.25) is 0 Å². The second-order valence-corrected chi connectivity index (χ2v) is 4.36. The highest BCUT2D eigenvalue weighted by atomic mass is 16.5. The average molecular weight is 266 g/mol. The Balaban J connectivity index is 2.35. The lowest BCUT2D eigenvalue weighted by Crippen LogP contribution is -2.08. The number of carbonyl (C=O) groups is 1. The van der Waals surface area contributed by atoms with E-state index in [0.717, 1.165) is 12.0 Å². The number of methoxy groups -OCH3 is 1. The highest BCUT2D eigenvalue weighted by Crippen LogP contribution is 2.20. The SMILES string of the molecule is COCCOCCCOc1ccc(C)cc1C(C)=O. The summed E-state index contributed by atoms with van der Waals surface area (Å²) in [7, 11) is 1.65. The number of aryl methyl sites for hydroxylation is 1. The normalized spacial score (nSPS) is 10.5. The molecule has 0 aliphatic rings. The van der Waals surface area contributed by atoms with E-state index in [1.54, 1.807) is 14.0 Å².